The summed E-state index contributed by atoms with van der Waals surface area (Å²) in [5, 5.41) is 4.61. The highest BCUT2D eigenvalue weighted by atomic mass is 32.2. The second kappa shape index (κ2) is 10.2. The summed E-state index contributed by atoms with van der Waals surface area (Å²) in [6, 6.07) is 14.0. The first-order valence-corrected chi connectivity index (χ1v) is 12.3. The van der Waals surface area contributed by atoms with Crippen molar-refractivity contribution in [3.8, 4) is 5.75 Å². The summed E-state index contributed by atoms with van der Waals surface area (Å²) in [6.45, 7) is -0.157. The van der Waals surface area contributed by atoms with Gasteiger partial charge in [-0.3, -0.25) is 24.6 Å². The molecule has 0 spiro atoms. The van der Waals surface area contributed by atoms with Crippen molar-refractivity contribution in [3.63, 3.8) is 0 Å². The number of carbonyl (C=O) groups is 4. The fourth-order valence-electron chi connectivity index (χ4n) is 3.60. The van der Waals surface area contributed by atoms with Gasteiger partial charge in [-0.1, -0.05) is 18.2 Å². The molecule has 12 heteroatoms. The molecule has 0 radical (unpaired) electrons. The lowest BCUT2D eigenvalue weighted by atomic mass is 10.1. The smallest absolute Gasteiger partial charge is 0.331 e. The van der Waals surface area contributed by atoms with Crippen LogP contribution in [0.3, 0.4) is 0 Å². The van der Waals surface area contributed by atoms with Gasteiger partial charge in [-0.15, -0.1) is 0 Å². The molecule has 3 aromatic rings. The molecule has 190 valence electrons. The summed E-state index contributed by atoms with van der Waals surface area (Å²) in [6.07, 6.45) is 0. The molecule has 0 bridgehead atoms. The predicted molar refractivity (Wildman–Crippen MR) is 127 cm³/mol. The fraction of sp³-hybridized carbons (Fsp3) is 0.120. The van der Waals surface area contributed by atoms with Crippen molar-refractivity contribution < 1.29 is 36.7 Å². The van der Waals surface area contributed by atoms with Crippen molar-refractivity contribution in [1.82, 2.24) is 15.5 Å². The van der Waals surface area contributed by atoms with Crippen LogP contribution in [0.25, 0.3) is 0 Å². The number of nitrogens with zero attached hydrogens (tertiary/aromatic N) is 1. The van der Waals surface area contributed by atoms with E-state index in [0.717, 1.165) is 17.0 Å². The number of nitrogens with one attached hydrogen (secondary N) is 2. The molecule has 2 N–H and O–H groups in total. The number of carbonyl (C=O) groups excluding carboxylic acids is 4. The van der Waals surface area contributed by atoms with Crippen molar-refractivity contribution >= 4 is 33.6 Å². The lowest BCUT2D eigenvalue weighted by molar-refractivity contribution is -0.140. The van der Waals surface area contributed by atoms with Crippen molar-refractivity contribution in [2.75, 3.05) is 7.11 Å². The molecular weight excluding hydrogens is 505 g/mol. The van der Waals surface area contributed by atoms with Gasteiger partial charge in [0.25, 0.3) is 5.91 Å². The number of benzene rings is 3. The molecule has 37 heavy (non-hydrogen) atoms. The van der Waals surface area contributed by atoms with E-state index in [4.69, 9.17) is 4.74 Å². The molecule has 3 aromatic carbocycles. The summed E-state index contributed by atoms with van der Waals surface area (Å²) >= 11 is 0. The van der Waals surface area contributed by atoms with Crippen LogP contribution in [0.4, 0.5) is 9.18 Å². The molecule has 10 nitrogen and oxygen atoms in total. The average molecular weight is 526 g/mol. The van der Waals surface area contributed by atoms with E-state index in [9.17, 15) is 32.0 Å². The maximum absolute atomic E-state index is 13.1. The van der Waals surface area contributed by atoms with Crippen LogP contribution in [0.1, 0.15) is 21.5 Å². The molecule has 0 unspecified atom stereocenters. The Balaban J connectivity index is 1.45. The maximum Gasteiger partial charge on any atom is 0.331 e. The molecule has 5 amide bonds. The Kier molecular flexibility index (Phi) is 7.02. The Morgan fingerprint density at radius 1 is 0.946 bits per heavy atom. The summed E-state index contributed by atoms with van der Waals surface area (Å²) in [5.74, 6) is -2.83. The van der Waals surface area contributed by atoms with Crippen LogP contribution in [0.5, 0.6) is 5.75 Å². The highest BCUT2D eigenvalue weighted by Gasteiger charge is 2.36. The Hall–Kier alpha value is -4.58. The van der Waals surface area contributed by atoms with Crippen LogP contribution in [-0.4, -0.2) is 44.2 Å². The van der Waals surface area contributed by atoms with Gasteiger partial charge in [0.1, 0.15) is 11.6 Å². The van der Waals surface area contributed by atoms with E-state index in [-0.39, 0.29) is 34.2 Å². The predicted octanol–water partition coefficient (Wildman–Crippen LogP) is 2.18. The molecule has 1 saturated heterocycles. The lowest BCUT2D eigenvalue weighted by Crippen LogP contribution is -2.30. The van der Waals surface area contributed by atoms with Crippen LogP contribution in [0.15, 0.2) is 76.5 Å². The van der Waals surface area contributed by atoms with Gasteiger partial charge in [0.2, 0.25) is 9.84 Å². The Morgan fingerprint density at radius 3 is 2.11 bits per heavy atom. The van der Waals surface area contributed by atoms with Crippen molar-refractivity contribution in [2.24, 2.45) is 0 Å². The van der Waals surface area contributed by atoms with Gasteiger partial charge in [0, 0.05) is 6.54 Å². The van der Waals surface area contributed by atoms with E-state index in [1.165, 1.54) is 43.5 Å². The first-order chi connectivity index (χ1) is 17.6. The third-order valence-electron chi connectivity index (χ3n) is 5.56. The van der Waals surface area contributed by atoms with Crippen LogP contribution in [-0.2, 0) is 32.5 Å². The van der Waals surface area contributed by atoms with Crippen LogP contribution in [0, 0.1) is 5.82 Å². The quantitative estimate of drug-likeness (QED) is 0.261. The van der Waals surface area contributed by atoms with Gasteiger partial charge >= 0.3 is 17.8 Å². The van der Waals surface area contributed by atoms with E-state index in [2.05, 4.69) is 5.32 Å². The molecule has 1 aliphatic rings. The van der Waals surface area contributed by atoms with Gasteiger partial charge in [-0.05, 0) is 59.7 Å². The number of urea groups is 1. The Morgan fingerprint density at radius 2 is 1.54 bits per heavy atom. The summed E-state index contributed by atoms with van der Waals surface area (Å²) in [7, 11) is -2.45. The number of hydrogen-bond acceptors (Lipinski definition) is 7. The minimum atomic E-state index is -3.83. The van der Waals surface area contributed by atoms with Gasteiger partial charge in [0.05, 0.1) is 29.0 Å². The third-order valence-corrected chi connectivity index (χ3v) is 7.35. The van der Waals surface area contributed by atoms with Gasteiger partial charge in [0.15, 0.2) is 0 Å². The maximum atomic E-state index is 13.1. The number of imide groups is 2. The molecule has 0 aliphatic carbocycles. The zero-order valence-corrected chi connectivity index (χ0v) is 20.2. The normalized spacial score (nSPS) is 13.5. The highest BCUT2D eigenvalue weighted by Crippen LogP contribution is 2.23. The number of sulfone groups is 1. The number of amides is 5. The Labute approximate surface area is 211 Å². The molecule has 4 rings (SSSR count). The fourth-order valence-corrected chi connectivity index (χ4v) is 4.86. The van der Waals surface area contributed by atoms with E-state index >= 15 is 0 Å². The topological polar surface area (TPSA) is 139 Å². The number of ether oxygens (including phenoxy) is 1. The number of hydrogen-bond donors (Lipinski definition) is 2. The monoisotopic (exact) mass is 525 g/mol. The molecule has 1 heterocycles. The van der Waals surface area contributed by atoms with Crippen molar-refractivity contribution in [3.05, 3.63) is 89.2 Å². The molecule has 0 atom stereocenters. The zero-order chi connectivity index (χ0) is 26.7. The summed E-state index contributed by atoms with van der Waals surface area (Å²) in [4.78, 5) is 48.6. The molecule has 0 saturated carbocycles. The van der Waals surface area contributed by atoms with Crippen molar-refractivity contribution in [1.29, 1.82) is 0 Å². The number of rotatable bonds is 8. The van der Waals surface area contributed by atoms with E-state index in [1.54, 1.807) is 18.2 Å². The summed E-state index contributed by atoms with van der Waals surface area (Å²) in [5.41, 5.74) is 1.16. The van der Waals surface area contributed by atoms with E-state index in [1.807, 2.05) is 5.32 Å². The average Bonchev–Trinajstić information content (AvgIpc) is 3.13. The summed E-state index contributed by atoms with van der Waals surface area (Å²) < 4.78 is 43.8. The minimum Gasteiger partial charge on any atom is -0.496 e. The van der Waals surface area contributed by atoms with E-state index < -0.39 is 39.4 Å². The van der Waals surface area contributed by atoms with Crippen LogP contribution >= 0.6 is 0 Å². The SMILES string of the molecule is COc1ccc(CN2C(=O)NC(=O)C2=O)cc1C(=O)NCc1ccc(S(=O)(=O)c2ccc(F)cc2)cc1. The minimum absolute atomic E-state index is 0.0162. The van der Waals surface area contributed by atoms with E-state index in [0.29, 0.717) is 11.1 Å². The Bertz CT molecular complexity index is 1500. The van der Waals surface area contributed by atoms with Gasteiger partial charge in [-0.2, -0.15) is 0 Å². The van der Waals surface area contributed by atoms with Crippen LogP contribution in [0.2, 0.25) is 0 Å². The number of methoxy groups -OCH3 is 1. The molecule has 1 fully saturated rings. The van der Waals surface area contributed by atoms with Crippen molar-refractivity contribution in [2.45, 2.75) is 22.9 Å². The second-order valence-corrected chi connectivity index (χ2v) is 9.92. The first kappa shape index (κ1) is 25.5. The third kappa shape index (κ3) is 5.33. The molecule has 0 aromatic heterocycles. The first-order valence-electron chi connectivity index (χ1n) is 10.8. The zero-order valence-electron chi connectivity index (χ0n) is 19.4. The lowest BCUT2D eigenvalue weighted by Gasteiger charge is -2.14. The number of halogens is 1. The highest BCUT2D eigenvalue weighted by molar-refractivity contribution is 7.91. The van der Waals surface area contributed by atoms with Gasteiger partial charge in [-0.25, -0.2) is 17.6 Å². The molecule has 1 aliphatic heterocycles. The molecular formula is C25H20FN3O7S. The van der Waals surface area contributed by atoms with Gasteiger partial charge < -0.3 is 10.1 Å². The standard InChI is InChI=1S/C25H20FN3O7S/c1-36-21-11-4-16(14-29-24(32)23(31)28-25(29)33)12-20(21)22(30)27-13-15-2-7-18(8-3-15)37(34,35)19-9-5-17(26)6-10-19/h2-12H,13-14H2,1H3,(H,27,30)(H,28,31,33). The largest absolute Gasteiger partial charge is 0.496 e. The van der Waals surface area contributed by atoms with Crippen LogP contribution < -0.4 is 15.4 Å². The second-order valence-electron chi connectivity index (χ2n) is 7.97.